The fraction of sp³-hybridized carbons (Fsp3) is 0.667. The van der Waals surface area contributed by atoms with Crippen molar-refractivity contribution in [2.24, 2.45) is 13.0 Å². The van der Waals surface area contributed by atoms with Crippen molar-refractivity contribution in [3.8, 4) is 0 Å². The van der Waals surface area contributed by atoms with Gasteiger partial charge in [0.05, 0.1) is 12.5 Å². The van der Waals surface area contributed by atoms with Gasteiger partial charge < -0.3 is 4.90 Å². The highest BCUT2D eigenvalue weighted by Gasteiger charge is 2.35. The quantitative estimate of drug-likeness (QED) is 0.850. The second kappa shape index (κ2) is 6.61. The van der Waals surface area contributed by atoms with Crippen LogP contribution >= 0.6 is 0 Å². The monoisotopic (exact) mass is 343 g/mol. The number of aryl methyl sites for hydroxylation is 2. The van der Waals surface area contributed by atoms with Crippen LogP contribution in [0.1, 0.15) is 44.9 Å². The Morgan fingerprint density at radius 2 is 2.04 bits per heavy atom. The molecule has 1 saturated heterocycles. The van der Waals surface area contributed by atoms with E-state index in [1.165, 1.54) is 36.6 Å². The molecule has 2 atom stereocenters. The Balaban J connectivity index is 1.46. The molecule has 0 radical (unpaired) electrons. The van der Waals surface area contributed by atoms with Crippen LogP contribution < -0.4 is 5.56 Å². The van der Waals surface area contributed by atoms with Gasteiger partial charge in [0.25, 0.3) is 5.56 Å². The third-order valence-electron chi connectivity index (χ3n) is 5.85. The van der Waals surface area contributed by atoms with Gasteiger partial charge in [-0.2, -0.15) is 5.10 Å². The standard InChI is InChI=1S/C18H25N5O2/c1-21-17-14(11-20-21)18(25)22(12-19-17)10-8-16(24)23-9-4-6-13-5-2-3-7-15(13)23/h11-13,15H,2-10H2,1H3/t13-,15-/m1/s1. The number of fused-ring (bicyclic) bond motifs is 2. The van der Waals surface area contributed by atoms with Crippen LogP contribution in [-0.2, 0) is 18.4 Å². The van der Waals surface area contributed by atoms with Crippen LogP contribution in [0.5, 0.6) is 0 Å². The Labute approximate surface area is 146 Å². The molecule has 2 aromatic rings. The normalized spacial score (nSPS) is 23.6. The van der Waals surface area contributed by atoms with Crippen molar-refractivity contribution in [2.75, 3.05) is 6.54 Å². The number of carbonyl (C=O) groups is 1. The van der Waals surface area contributed by atoms with E-state index in [0.717, 1.165) is 19.4 Å². The summed E-state index contributed by atoms with van der Waals surface area (Å²) in [6, 6.07) is 0.422. The Morgan fingerprint density at radius 1 is 1.24 bits per heavy atom. The van der Waals surface area contributed by atoms with E-state index in [1.807, 2.05) is 0 Å². The molecule has 1 saturated carbocycles. The number of piperidine rings is 1. The van der Waals surface area contributed by atoms with Gasteiger partial charge in [0.15, 0.2) is 5.65 Å². The number of hydrogen-bond acceptors (Lipinski definition) is 4. The number of carbonyl (C=O) groups excluding carboxylic acids is 1. The zero-order valence-corrected chi connectivity index (χ0v) is 14.7. The number of amides is 1. The summed E-state index contributed by atoms with van der Waals surface area (Å²) in [7, 11) is 1.76. The van der Waals surface area contributed by atoms with Crippen molar-refractivity contribution in [3.63, 3.8) is 0 Å². The zero-order valence-electron chi connectivity index (χ0n) is 14.7. The highest BCUT2D eigenvalue weighted by atomic mass is 16.2. The van der Waals surface area contributed by atoms with Crippen molar-refractivity contribution in [1.29, 1.82) is 0 Å². The van der Waals surface area contributed by atoms with E-state index in [4.69, 9.17) is 0 Å². The van der Waals surface area contributed by atoms with Crippen molar-refractivity contribution >= 4 is 16.9 Å². The predicted octanol–water partition coefficient (Wildman–Crippen LogP) is 1.70. The lowest BCUT2D eigenvalue weighted by molar-refractivity contribution is -0.137. The van der Waals surface area contributed by atoms with Gasteiger partial charge in [-0.05, 0) is 31.6 Å². The third-order valence-corrected chi connectivity index (χ3v) is 5.85. The lowest BCUT2D eigenvalue weighted by Gasteiger charge is -2.44. The van der Waals surface area contributed by atoms with E-state index in [-0.39, 0.29) is 11.5 Å². The highest BCUT2D eigenvalue weighted by molar-refractivity contribution is 5.77. The summed E-state index contributed by atoms with van der Waals surface area (Å²) in [5.74, 6) is 0.859. The molecule has 0 aromatic carbocycles. The van der Waals surface area contributed by atoms with Gasteiger partial charge in [-0.1, -0.05) is 12.8 Å². The molecule has 134 valence electrons. The smallest absolute Gasteiger partial charge is 0.264 e. The summed E-state index contributed by atoms with van der Waals surface area (Å²) >= 11 is 0. The fourth-order valence-electron chi connectivity index (χ4n) is 4.52. The van der Waals surface area contributed by atoms with E-state index < -0.39 is 0 Å². The maximum absolute atomic E-state index is 12.8. The molecule has 0 bridgehead atoms. The van der Waals surface area contributed by atoms with Crippen molar-refractivity contribution in [2.45, 2.75) is 57.5 Å². The lowest BCUT2D eigenvalue weighted by atomic mass is 9.78. The van der Waals surface area contributed by atoms with Gasteiger partial charge in [-0.15, -0.1) is 0 Å². The van der Waals surface area contributed by atoms with E-state index in [0.29, 0.717) is 36.0 Å². The molecule has 0 spiro atoms. The van der Waals surface area contributed by atoms with Crippen LogP contribution in [0.3, 0.4) is 0 Å². The molecule has 4 rings (SSSR count). The molecule has 1 aliphatic carbocycles. The second-order valence-corrected chi connectivity index (χ2v) is 7.34. The number of nitrogens with zero attached hydrogens (tertiary/aromatic N) is 5. The fourth-order valence-corrected chi connectivity index (χ4v) is 4.52. The summed E-state index contributed by atoms with van der Waals surface area (Å²) in [6.45, 7) is 1.25. The van der Waals surface area contributed by atoms with Crippen LogP contribution in [-0.4, -0.2) is 42.7 Å². The van der Waals surface area contributed by atoms with Gasteiger partial charge in [0.1, 0.15) is 5.39 Å². The van der Waals surface area contributed by atoms with E-state index in [1.54, 1.807) is 17.9 Å². The molecule has 2 aliphatic rings. The molecule has 0 N–H and O–H groups in total. The molecule has 0 unspecified atom stereocenters. The first-order valence-corrected chi connectivity index (χ1v) is 9.32. The van der Waals surface area contributed by atoms with Crippen molar-refractivity contribution in [3.05, 3.63) is 22.9 Å². The predicted molar refractivity (Wildman–Crippen MR) is 94.1 cm³/mol. The minimum atomic E-state index is -0.125. The van der Waals surface area contributed by atoms with Gasteiger partial charge in [-0.3, -0.25) is 18.8 Å². The molecule has 2 aromatic heterocycles. The molecule has 25 heavy (non-hydrogen) atoms. The summed E-state index contributed by atoms with van der Waals surface area (Å²) in [4.78, 5) is 31.7. The van der Waals surface area contributed by atoms with Crippen LogP contribution in [0.4, 0.5) is 0 Å². The SMILES string of the molecule is Cn1ncc2c(=O)n(CCC(=O)N3CCC[C@H]4CCCC[C@H]43)cnc21. The van der Waals surface area contributed by atoms with Crippen molar-refractivity contribution < 1.29 is 4.79 Å². The third kappa shape index (κ3) is 2.96. The molecule has 2 fully saturated rings. The summed E-state index contributed by atoms with van der Waals surface area (Å²) in [5.41, 5.74) is 0.453. The van der Waals surface area contributed by atoms with Crippen LogP contribution in [0.25, 0.3) is 11.0 Å². The zero-order chi connectivity index (χ0) is 17.4. The average molecular weight is 343 g/mol. The largest absolute Gasteiger partial charge is 0.339 e. The van der Waals surface area contributed by atoms with Gasteiger partial charge in [-0.25, -0.2) is 4.98 Å². The first kappa shape index (κ1) is 16.3. The molecular weight excluding hydrogens is 318 g/mol. The molecular formula is C18H25N5O2. The van der Waals surface area contributed by atoms with Gasteiger partial charge in [0.2, 0.25) is 5.91 Å². The Bertz CT molecular complexity index is 838. The average Bonchev–Trinajstić information content (AvgIpc) is 3.02. The van der Waals surface area contributed by atoms with E-state index in [2.05, 4.69) is 15.0 Å². The minimum Gasteiger partial charge on any atom is -0.339 e. The second-order valence-electron chi connectivity index (χ2n) is 7.34. The Morgan fingerprint density at radius 3 is 2.92 bits per heavy atom. The number of likely N-dealkylation sites (tertiary alicyclic amines) is 1. The number of aromatic nitrogens is 4. The van der Waals surface area contributed by atoms with Crippen LogP contribution in [0.2, 0.25) is 0 Å². The highest BCUT2D eigenvalue weighted by Crippen LogP contribution is 2.35. The molecule has 3 heterocycles. The Kier molecular flexibility index (Phi) is 4.31. The molecule has 1 aliphatic heterocycles. The van der Waals surface area contributed by atoms with E-state index in [9.17, 15) is 9.59 Å². The topological polar surface area (TPSA) is 73.0 Å². The molecule has 7 heteroatoms. The summed E-state index contributed by atoms with van der Waals surface area (Å²) in [6.07, 6.45) is 10.7. The Hall–Kier alpha value is -2.18. The summed E-state index contributed by atoms with van der Waals surface area (Å²) in [5, 5.41) is 4.58. The van der Waals surface area contributed by atoms with Crippen molar-refractivity contribution in [1.82, 2.24) is 24.2 Å². The minimum absolute atomic E-state index is 0.125. The van der Waals surface area contributed by atoms with Gasteiger partial charge in [0, 0.05) is 32.6 Å². The number of rotatable bonds is 3. The first-order valence-electron chi connectivity index (χ1n) is 9.32. The number of hydrogen-bond donors (Lipinski definition) is 0. The van der Waals surface area contributed by atoms with Crippen LogP contribution in [0, 0.1) is 5.92 Å². The van der Waals surface area contributed by atoms with E-state index >= 15 is 0 Å². The van der Waals surface area contributed by atoms with Gasteiger partial charge >= 0.3 is 0 Å². The summed E-state index contributed by atoms with van der Waals surface area (Å²) < 4.78 is 3.12. The van der Waals surface area contributed by atoms with Crippen LogP contribution in [0.15, 0.2) is 17.3 Å². The maximum Gasteiger partial charge on any atom is 0.264 e. The maximum atomic E-state index is 12.8. The molecule has 1 amide bonds. The lowest BCUT2D eigenvalue weighted by Crippen LogP contribution is -2.49. The first-order chi connectivity index (χ1) is 12.1. The molecule has 7 nitrogen and oxygen atoms in total.